The molecule has 1 saturated heterocycles. The minimum Gasteiger partial charge on any atom is -0.396 e. The molecule has 6 heteroatoms. The quantitative estimate of drug-likeness (QED) is 0.425. The van der Waals surface area contributed by atoms with Crippen LogP contribution < -0.4 is 15.5 Å². The van der Waals surface area contributed by atoms with Gasteiger partial charge >= 0.3 is 0 Å². The third-order valence-electron chi connectivity index (χ3n) is 4.99. The number of guanidine groups is 1. The Hall–Kier alpha value is -2.08. The summed E-state index contributed by atoms with van der Waals surface area (Å²) in [5.74, 6) is 2.06. The van der Waals surface area contributed by atoms with Gasteiger partial charge in [-0.1, -0.05) is 26.0 Å². The van der Waals surface area contributed by atoms with E-state index in [-0.39, 0.29) is 12.5 Å². The first-order chi connectivity index (χ1) is 13.5. The lowest BCUT2D eigenvalue weighted by Gasteiger charge is -2.20. The Kier molecular flexibility index (Phi) is 9.28. The molecule has 1 amide bonds. The van der Waals surface area contributed by atoms with Crippen LogP contribution in [0.25, 0.3) is 0 Å². The monoisotopic (exact) mass is 388 g/mol. The first-order valence-electron chi connectivity index (χ1n) is 10.6. The van der Waals surface area contributed by atoms with Gasteiger partial charge < -0.3 is 20.6 Å². The number of nitrogens with zero attached hydrogens (tertiary/aromatic N) is 2. The third kappa shape index (κ3) is 7.15. The fourth-order valence-electron chi connectivity index (χ4n) is 3.61. The number of benzene rings is 1. The van der Waals surface area contributed by atoms with E-state index in [9.17, 15) is 9.90 Å². The van der Waals surface area contributed by atoms with Crippen molar-refractivity contribution in [1.29, 1.82) is 0 Å². The van der Waals surface area contributed by atoms with Crippen LogP contribution in [0, 0.1) is 11.8 Å². The van der Waals surface area contributed by atoms with Crippen molar-refractivity contribution in [3.8, 4) is 0 Å². The maximum atomic E-state index is 11.9. The molecule has 1 fully saturated rings. The highest BCUT2D eigenvalue weighted by Crippen LogP contribution is 2.21. The summed E-state index contributed by atoms with van der Waals surface area (Å²) in [5, 5.41) is 16.0. The molecule has 0 aromatic heterocycles. The Labute approximate surface area is 169 Å². The van der Waals surface area contributed by atoms with Gasteiger partial charge in [-0.25, -0.2) is 4.99 Å². The molecule has 1 aromatic carbocycles. The van der Waals surface area contributed by atoms with E-state index in [1.807, 2.05) is 29.2 Å². The van der Waals surface area contributed by atoms with Gasteiger partial charge in [0.05, 0.1) is 6.54 Å². The first kappa shape index (κ1) is 22.2. The standard InChI is InChI=1S/C22H36N4O2/c1-4-23-22(25-16-19(11-13-27)14-17(2)3)24-15-18-7-9-20(10-8-18)26-12-5-6-21(26)28/h7-10,17,19,27H,4-6,11-16H2,1-3H3,(H2,23,24,25). The molecule has 0 saturated carbocycles. The predicted octanol–water partition coefficient (Wildman–Crippen LogP) is 2.91. The lowest BCUT2D eigenvalue weighted by Crippen LogP contribution is -2.40. The minimum absolute atomic E-state index is 0.211. The lowest BCUT2D eigenvalue weighted by molar-refractivity contribution is -0.117. The fourth-order valence-corrected chi connectivity index (χ4v) is 3.61. The Balaban J connectivity index is 1.92. The van der Waals surface area contributed by atoms with Crippen LogP contribution in [-0.2, 0) is 11.3 Å². The highest BCUT2D eigenvalue weighted by Gasteiger charge is 2.21. The minimum atomic E-state index is 0.211. The maximum Gasteiger partial charge on any atom is 0.227 e. The van der Waals surface area contributed by atoms with Crippen molar-refractivity contribution in [3.05, 3.63) is 29.8 Å². The number of aliphatic hydroxyl groups excluding tert-OH is 1. The fraction of sp³-hybridized carbons (Fsp3) is 0.636. The lowest BCUT2D eigenvalue weighted by atomic mass is 9.94. The van der Waals surface area contributed by atoms with E-state index >= 15 is 0 Å². The number of aliphatic imine (C=N–C) groups is 1. The molecule has 1 unspecified atom stereocenters. The van der Waals surface area contributed by atoms with Gasteiger partial charge in [0.15, 0.2) is 5.96 Å². The maximum absolute atomic E-state index is 11.9. The van der Waals surface area contributed by atoms with E-state index < -0.39 is 0 Å². The van der Waals surface area contributed by atoms with Gasteiger partial charge in [0.2, 0.25) is 5.91 Å². The molecule has 2 rings (SSSR count). The number of carbonyl (C=O) groups excluding carboxylic acids is 1. The molecule has 0 spiro atoms. The molecule has 0 radical (unpaired) electrons. The van der Waals surface area contributed by atoms with Crippen molar-refractivity contribution in [2.45, 2.75) is 53.0 Å². The number of rotatable bonds is 10. The summed E-state index contributed by atoms with van der Waals surface area (Å²) >= 11 is 0. The highest BCUT2D eigenvalue weighted by molar-refractivity contribution is 5.95. The smallest absolute Gasteiger partial charge is 0.227 e. The van der Waals surface area contributed by atoms with Crippen LogP contribution in [0.2, 0.25) is 0 Å². The molecule has 1 aromatic rings. The topological polar surface area (TPSA) is 77.0 Å². The summed E-state index contributed by atoms with van der Waals surface area (Å²) in [6, 6.07) is 8.10. The summed E-state index contributed by atoms with van der Waals surface area (Å²) in [4.78, 5) is 18.4. The SMILES string of the molecule is CCNC(=NCc1ccc(N2CCCC2=O)cc1)NCC(CCO)CC(C)C. The number of hydrogen-bond acceptors (Lipinski definition) is 3. The summed E-state index contributed by atoms with van der Waals surface area (Å²) in [6.07, 6.45) is 3.49. The molecule has 1 atom stereocenters. The van der Waals surface area contributed by atoms with Crippen molar-refractivity contribution in [1.82, 2.24) is 10.6 Å². The molecule has 3 N–H and O–H groups in total. The van der Waals surface area contributed by atoms with E-state index in [4.69, 9.17) is 0 Å². The average molecular weight is 389 g/mol. The number of aliphatic hydroxyl groups is 1. The van der Waals surface area contributed by atoms with Crippen molar-refractivity contribution >= 4 is 17.6 Å². The summed E-state index contributed by atoms with van der Waals surface area (Å²) < 4.78 is 0. The summed E-state index contributed by atoms with van der Waals surface area (Å²) in [6.45, 7) is 9.70. The normalized spacial score (nSPS) is 16.0. The van der Waals surface area contributed by atoms with E-state index in [1.165, 1.54) is 0 Å². The second-order valence-corrected chi connectivity index (χ2v) is 7.90. The highest BCUT2D eigenvalue weighted by atomic mass is 16.3. The second kappa shape index (κ2) is 11.7. The Morgan fingerprint density at radius 2 is 2.00 bits per heavy atom. The van der Waals surface area contributed by atoms with Gasteiger partial charge in [0.1, 0.15) is 0 Å². The summed E-state index contributed by atoms with van der Waals surface area (Å²) in [5.41, 5.74) is 2.09. The molecule has 156 valence electrons. The molecule has 1 aliphatic heterocycles. The van der Waals surface area contributed by atoms with Crippen molar-refractivity contribution in [2.75, 3.05) is 31.1 Å². The van der Waals surface area contributed by atoms with E-state index in [0.717, 1.165) is 56.1 Å². The summed E-state index contributed by atoms with van der Waals surface area (Å²) in [7, 11) is 0. The van der Waals surface area contributed by atoms with Crippen LogP contribution in [0.5, 0.6) is 0 Å². The van der Waals surface area contributed by atoms with Crippen LogP contribution in [0.15, 0.2) is 29.3 Å². The van der Waals surface area contributed by atoms with Crippen LogP contribution >= 0.6 is 0 Å². The zero-order chi connectivity index (χ0) is 20.4. The molecule has 1 aliphatic rings. The van der Waals surface area contributed by atoms with Gasteiger partial charge in [0, 0.05) is 38.3 Å². The number of carbonyl (C=O) groups is 1. The van der Waals surface area contributed by atoms with Gasteiger partial charge in [-0.2, -0.15) is 0 Å². The zero-order valence-corrected chi connectivity index (χ0v) is 17.6. The van der Waals surface area contributed by atoms with Crippen molar-refractivity contribution in [2.24, 2.45) is 16.8 Å². The third-order valence-corrected chi connectivity index (χ3v) is 4.99. The molecule has 0 bridgehead atoms. The van der Waals surface area contributed by atoms with Gasteiger partial charge in [-0.15, -0.1) is 0 Å². The largest absolute Gasteiger partial charge is 0.396 e. The number of anilines is 1. The van der Waals surface area contributed by atoms with Crippen molar-refractivity contribution < 1.29 is 9.90 Å². The van der Waals surface area contributed by atoms with Crippen LogP contribution in [0.3, 0.4) is 0 Å². The van der Waals surface area contributed by atoms with Gasteiger partial charge in [0.25, 0.3) is 0 Å². The number of amides is 1. The van der Waals surface area contributed by atoms with E-state index in [0.29, 0.717) is 24.8 Å². The Morgan fingerprint density at radius 1 is 1.25 bits per heavy atom. The first-order valence-corrected chi connectivity index (χ1v) is 10.6. The van der Waals surface area contributed by atoms with E-state index in [1.54, 1.807) is 0 Å². The second-order valence-electron chi connectivity index (χ2n) is 7.90. The Morgan fingerprint density at radius 3 is 2.57 bits per heavy atom. The molecular formula is C22H36N4O2. The van der Waals surface area contributed by atoms with Crippen LogP contribution in [0.1, 0.15) is 52.0 Å². The average Bonchev–Trinajstić information content (AvgIpc) is 3.10. The predicted molar refractivity (Wildman–Crippen MR) is 115 cm³/mol. The molecular weight excluding hydrogens is 352 g/mol. The van der Waals surface area contributed by atoms with Crippen molar-refractivity contribution in [3.63, 3.8) is 0 Å². The zero-order valence-electron chi connectivity index (χ0n) is 17.6. The van der Waals surface area contributed by atoms with E-state index in [2.05, 4.69) is 36.4 Å². The molecule has 0 aliphatic carbocycles. The van der Waals surface area contributed by atoms with Gasteiger partial charge in [-0.3, -0.25) is 4.79 Å². The Bertz CT molecular complexity index is 628. The molecule has 28 heavy (non-hydrogen) atoms. The number of nitrogens with one attached hydrogen (secondary N) is 2. The molecule has 6 nitrogen and oxygen atoms in total. The van der Waals surface area contributed by atoms with Crippen LogP contribution in [0.4, 0.5) is 5.69 Å². The molecule has 1 heterocycles. The van der Waals surface area contributed by atoms with Crippen LogP contribution in [-0.4, -0.2) is 43.2 Å². The number of hydrogen-bond donors (Lipinski definition) is 3. The van der Waals surface area contributed by atoms with Gasteiger partial charge in [-0.05, 0) is 55.7 Å².